The van der Waals surface area contributed by atoms with Crippen molar-refractivity contribution in [2.75, 3.05) is 0 Å². The molecular formula is C10H16N2O2. The number of nitrogens with zero attached hydrogens (tertiary/aromatic N) is 2. The van der Waals surface area contributed by atoms with Gasteiger partial charge in [0.15, 0.2) is 5.54 Å². The largest absolute Gasteiger partial charge is 0.479 e. The first kappa shape index (κ1) is 10.8. The van der Waals surface area contributed by atoms with Crippen molar-refractivity contribution in [1.29, 1.82) is 0 Å². The third-order valence-electron chi connectivity index (χ3n) is 2.71. The van der Waals surface area contributed by atoms with Crippen LogP contribution in [0.3, 0.4) is 0 Å². The van der Waals surface area contributed by atoms with E-state index in [2.05, 4.69) is 5.10 Å². The standard InChI is InChI=1S/C10H16N2O2/c1-6-7(2)11-12(8(6)3)10(4,5)9(13)14/h1-5H3,(H,13,14). The molecule has 78 valence electrons. The van der Waals surface area contributed by atoms with E-state index in [0.717, 1.165) is 17.0 Å². The Morgan fingerprint density at radius 1 is 1.36 bits per heavy atom. The molecule has 1 aromatic heterocycles. The smallest absolute Gasteiger partial charge is 0.331 e. The number of hydrogen-bond acceptors (Lipinski definition) is 2. The van der Waals surface area contributed by atoms with E-state index in [1.807, 2.05) is 20.8 Å². The topological polar surface area (TPSA) is 55.1 Å². The summed E-state index contributed by atoms with van der Waals surface area (Å²) >= 11 is 0. The van der Waals surface area contributed by atoms with Crippen molar-refractivity contribution in [2.45, 2.75) is 40.2 Å². The second kappa shape index (κ2) is 3.12. The molecule has 1 rings (SSSR count). The monoisotopic (exact) mass is 196 g/mol. The highest BCUT2D eigenvalue weighted by molar-refractivity contribution is 5.75. The first-order chi connectivity index (χ1) is 6.28. The fourth-order valence-electron chi connectivity index (χ4n) is 1.36. The van der Waals surface area contributed by atoms with Crippen molar-refractivity contribution in [3.05, 3.63) is 17.0 Å². The summed E-state index contributed by atoms with van der Waals surface area (Å²) in [4.78, 5) is 11.0. The Labute approximate surface area is 83.5 Å². The quantitative estimate of drug-likeness (QED) is 0.782. The van der Waals surface area contributed by atoms with Crippen molar-refractivity contribution in [2.24, 2.45) is 0 Å². The summed E-state index contributed by atoms with van der Waals surface area (Å²) in [7, 11) is 0. The first-order valence-corrected chi connectivity index (χ1v) is 4.55. The number of aryl methyl sites for hydroxylation is 1. The van der Waals surface area contributed by atoms with Gasteiger partial charge in [0.2, 0.25) is 0 Å². The van der Waals surface area contributed by atoms with Crippen molar-refractivity contribution in [3.8, 4) is 0 Å². The van der Waals surface area contributed by atoms with Gasteiger partial charge in [-0.3, -0.25) is 4.68 Å². The molecule has 1 aromatic rings. The Kier molecular flexibility index (Phi) is 2.39. The summed E-state index contributed by atoms with van der Waals surface area (Å²) in [5.41, 5.74) is 1.87. The molecule has 0 radical (unpaired) electrons. The zero-order valence-corrected chi connectivity index (χ0v) is 9.25. The predicted molar refractivity (Wildman–Crippen MR) is 53.4 cm³/mol. The molecule has 0 aromatic carbocycles. The molecule has 0 unspecified atom stereocenters. The molecule has 0 bridgehead atoms. The van der Waals surface area contributed by atoms with Crippen molar-refractivity contribution in [1.82, 2.24) is 9.78 Å². The van der Waals surface area contributed by atoms with Gasteiger partial charge in [0.25, 0.3) is 0 Å². The summed E-state index contributed by atoms with van der Waals surface area (Å²) in [5, 5.41) is 13.3. The Morgan fingerprint density at radius 3 is 2.14 bits per heavy atom. The lowest BCUT2D eigenvalue weighted by atomic mass is 10.1. The third-order valence-corrected chi connectivity index (χ3v) is 2.71. The van der Waals surface area contributed by atoms with Gasteiger partial charge in [0.05, 0.1) is 5.69 Å². The van der Waals surface area contributed by atoms with Crippen LogP contribution in [-0.2, 0) is 10.3 Å². The highest BCUT2D eigenvalue weighted by Crippen LogP contribution is 2.21. The van der Waals surface area contributed by atoms with Gasteiger partial charge in [-0.2, -0.15) is 5.10 Å². The predicted octanol–water partition coefficient (Wildman–Crippen LogP) is 1.63. The van der Waals surface area contributed by atoms with Crippen LogP contribution < -0.4 is 0 Å². The van der Waals surface area contributed by atoms with E-state index in [4.69, 9.17) is 5.11 Å². The molecule has 0 amide bonds. The summed E-state index contributed by atoms with van der Waals surface area (Å²) in [6.07, 6.45) is 0. The lowest BCUT2D eigenvalue weighted by Crippen LogP contribution is -2.37. The maximum Gasteiger partial charge on any atom is 0.331 e. The maximum absolute atomic E-state index is 11.0. The van der Waals surface area contributed by atoms with Gasteiger partial charge < -0.3 is 5.11 Å². The van der Waals surface area contributed by atoms with E-state index in [1.165, 1.54) is 0 Å². The number of rotatable bonds is 2. The van der Waals surface area contributed by atoms with Gasteiger partial charge >= 0.3 is 5.97 Å². The molecule has 0 saturated heterocycles. The molecule has 1 heterocycles. The van der Waals surface area contributed by atoms with Gasteiger partial charge in [0.1, 0.15) is 0 Å². The molecule has 1 N–H and O–H groups in total. The molecule has 0 aliphatic heterocycles. The number of aliphatic carboxylic acids is 1. The molecular weight excluding hydrogens is 180 g/mol. The Balaban J connectivity index is 3.33. The van der Waals surface area contributed by atoms with Crippen LogP contribution in [0.5, 0.6) is 0 Å². The molecule has 14 heavy (non-hydrogen) atoms. The van der Waals surface area contributed by atoms with E-state index in [-0.39, 0.29) is 0 Å². The summed E-state index contributed by atoms with van der Waals surface area (Å²) in [5.74, 6) is -0.872. The van der Waals surface area contributed by atoms with Gasteiger partial charge in [-0.15, -0.1) is 0 Å². The molecule has 0 spiro atoms. The Morgan fingerprint density at radius 2 is 1.86 bits per heavy atom. The van der Waals surface area contributed by atoms with Crippen molar-refractivity contribution < 1.29 is 9.90 Å². The van der Waals surface area contributed by atoms with E-state index in [1.54, 1.807) is 18.5 Å². The van der Waals surface area contributed by atoms with Crippen molar-refractivity contribution in [3.63, 3.8) is 0 Å². The van der Waals surface area contributed by atoms with Crippen LogP contribution in [0.2, 0.25) is 0 Å². The van der Waals surface area contributed by atoms with Crippen LogP contribution in [0.15, 0.2) is 0 Å². The highest BCUT2D eigenvalue weighted by atomic mass is 16.4. The second-order valence-electron chi connectivity index (χ2n) is 4.07. The van der Waals surface area contributed by atoms with E-state index in [9.17, 15) is 4.79 Å². The minimum Gasteiger partial charge on any atom is -0.479 e. The van der Waals surface area contributed by atoms with Crippen LogP contribution >= 0.6 is 0 Å². The van der Waals surface area contributed by atoms with Gasteiger partial charge in [0, 0.05) is 5.69 Å². The Bertz CT molecular complexity index is 378. The molecule has 0 aliphatic rings. The van der Waals surface area contributed by atoms with E-state index in [0.29, 0.717) is 0 Å². The maximum atomic E-state index is 11.0. The molecule has 4 nitrogen and oxygen atoms in total. The van der Waals surface area contributed by atoms with Gasteiger partial charge in [-0.05, 0) is 40.2 Å². The van der Waals surface area contributed by atoms with E-state index < -0.39 is 11.5 Å². The molecule has 0 fully saturated rings. The highest BCUT2D eigenvalue weighted by Gasteiger charge is 2.32. The fourth-order valence-corrected chi connectivity index (χ4v) is 1.36. The third kappa shape index (κ3) is 1.41. The average Bonchev–Trinajstić information content (AvgIpc) is 2.33. The zero-order chi connectivity index (χ0) is 11.1. The van der Waals surface area contributed by atoms with Crippen molar-refractivity contribution >= 4 is 5.97 Å². The van der Waals surface area contributed by atoms with Gasteiger partial charge in [-0.25, -0.2) is 4.79 Å². The molecule has 0 saturated carbocycles. The Hall–Kier alpha value is -1.32. The molecule has 0 atom stereocenters. The average molecular weight is 196 g/mol. The fraction of sp³-hybridized carbons (Fsp3) is 0.600. The number of hydrogen-bond donors (Lipinski definition) is 1. The number of carbonyl (C=O) groups is 1. The summed E-state index contributed by atoms with van der Waals surface area (Å²) in [6, 6.07) is 0. The molecule has 4 heteroatoms. The minimum atomic E-state index is -0.983. The molecule has 0 aliphatic carbocycles. The second-order valence-corrected chi connectivity index (χ2v) is 4.07. The normalized spacial score (nSPS) is 11.8. The van der Waals surface area contributed by atoms with Crippen LogP contribution in [0.25, 0.3) is 0 Å². The lowest BCUT2D eigenvalue weighted by molar-refractivity contribution is -0.146. The summed E-state index contributed by atoms with van der Waals surface area (Å²) < 4.78 is 1.57. The number of aromatic nitrogens is 2. The SMILES string of the molecule is Cc1nn(C(C)(C)C(=O)O)c(C)c1C. The van der Waals surface area contributed by atoms with Crippen LogP contribution in [0.4, 0.5) is 0 Å². The number of carboxylic acid groups (broad SMARTS) is 1. The van der Waals surface area contributed by atoms with Crippen LogP contribution in [0.1, 0.15) is 30.8 Å². The van der Waals surface area contributed by atoms with E-state index >= 15 is 0 Å². The zero-order valence-electron chi connectivity index (χ0n) is 9.25. The van der Waals surface area contributed by atoms with Crippen LogP contribution in [0, 0.1) is 20.8 Å². The first-order valence-electron chi connectivity index (χ1n) is 4.55. The van der Waals surface area contributed by atoms with Gasteiger partial charge in [-0.1, -0.05) is 0 Å². The minimum absolute atomic E-state index is 0.872. The van der Waals surface area contributed by atoms with Crippen LogP contribution in [-0.4, -0.2) is 20.9 Å². The lowest BCUT2D eigenvalue weighted by Gasteiger charge is -2.21. The number of carboxylic acids is 1. The summed E-state index contributed by atoms with van der Waals surface area (Å²) in [6.45, 7) is 9.02.